The molecule has 2 aromatic heterocycles. The summed E-state index contributed by atoms with van der Waals surface area (Å²) in [6, 6.07) is 0. The Bertz CT molecular complexity index is 718. The van der Waals surface area contributed by atoms with E-state index in [2.05, 4.69) is 43.9 Å². The molecule has 0 aromatic carbocycles. The third-order valence-electron chi connectivity index (χ3n) is 4.13. The Balaban J connectivity index is 1.77. The molecular weight excluding hydrogens is 310 g/mol. The maximum absolute atomic E-state index is 11.1. The monoisotopic (exact) mass is 333 g/mol. The maximum Gasteiger partial charge on any atom is 0.434 e. The van der Waals surface area contributed by atoms with Crippen molar-refractivity contribution in [3.05, 3.63) is 22.3 Å². The van der Waals surface area contributed by atoms with Crippen LogP contribution in [0.2, 0.25) is 0 Å². The molecule has 0 radical (unpaired) electrons. The van der Waals surface area contributed by atoms with E-state index in [4.69, 9.17) is 4.42 Å². The van der Waals surface area contributed by atoms with Gasteiger partial charge in [-0.2, -0.15) is 15.0 Å². The summed E-state index contributed by atoms with van der Waals surface area (Å²) in [6.45, 7) is 5.72. The van der Waals surface area contributed by atoms with Gasteiger partial charge in [0.25, 0.3) is 0 Å². The van der Waals surface area contributed by atoms with E-state index in [1.54, 1.807) is 0 Å². The van der Waals surface area contributed by atoms with Crippen LogP contribution in [0.4, 0.5) is 11.9 Å². The van der Waals surface area contributed by atoms with E-state index < -0.39 is 5.76 Å². The van der Waals surface area contributed by atoms with Gasteiger partial charge in [0.2, 0.25) is 17.8 Å². The summed E-state index contributed by atoms with van der Waals surface area (Å²) in [5.74, 6) is 2.56. The molecule has 3 heterocycles. The molecule has 0 aliphatic carbocycles. The third kappa shape index (κ3) is 3.39. The largest absolute Gasteiger partial charge is 0.434 e. The lowest BCUT2D eigenvalue weighted by molar-refractivity contribution is 0.378. The molecule has 0 atom stereocenters. The smallest absolute Gasteiger partial charge is 0.392 e. The summed E-state index contributed by atoms with van der Waals surface area (Å²) in [5.41, 5.74) is 0. The van der Waals surface area contributed by atoms with Crippen LogP contribution in [0.15, 0.2) is 9.21 Å². The second-order valence-corrected chi connectivity index (χ2v) is 6.56. The Labute approximate surface area is 140 Å². The zero-order valence-electron chi connectivity index (χ0n) is 14.5. The Kier molecular flexibility index (Phi) is 4.50. The van der Waals surface area contributed by atoms with Crippen LogP contribution in [0.3, 0.4) is 0 Å². The number of nitrogens with zero attached hydrogens (tertiary/aromatic N) is 6. The van der Waals surface area contributed by atoms with E-state index in [0.29, 0.717) is 17.8 Å². The molecule has 0 unspecified atom stereocenters. The van der Waals surface area contributed by atoms with Crippen molar-refractivity contribution < 1.29 is 4.42 Å². The first-order valence-corrected chi connectivity index (χ1v) is 8.17. The Morgan fingerprint density at radius 2 is 1.92 bits per heavy atom. The minimum atomic E-state index is -0.498. The molecule has 1 aliphatic rings. The van der Waals surface area contributed by atoms with E-state index in [1.165, 1.54) is 0 Å². The lowest BCUT2D eigenvalue weighted by atomic mass is 9.97. The highest BCUT2D eigenvalue weighted by molar-refractivity contribution is 5.39. The van der Waals surface area contributed by atoms with Crippen molar-refractivity contribution >= 4 is 11.9 Å². The molecule has 24 heavy (non-hydrogen) atoms. The highest BCUT2D eigenvalue weighted by Crippen LogP contribution is 2.28. The van der Waals surface area contributed by atoms with E-state index >= 15 is 0 Å². The fourth-order valence-electron chi connectivity index (χ4n) is 2.71. The van der Waals surface area contributed by atoms with E-state index in [9.17, 15) is 4.79 Å². The number of rotatable bonds is 4. The molecule has 0 bridgehead atoms. The number of piperidine rings is 1. The Morgan fingerprint density at radius 1 is 1.21 bits per heavy atom. The number of nitrogens with one attached hydrogen (secondary N) is 1. The molecule has 0 spiro atoms. The summed E-state index contributed by atoms with van der Waals surface area (Å²) in [4.78, 5) is 28.8. The van der Waals surface area contributed by atoms with Gasteiger partial charge < -0.3 is 14.2 Å². The zero-order valence-corrected chi connectivity index (χ0v) is 14.5. The van der Waals surface area contributed by atoms with Crippen molar-refractivity contribution in [2.45, 2.75) is 38.5 Å². The normalized spacial score (nSPS) is 16.0. The lowest BCUT2D eigenvalue weighted by Crippen LogP contribution is -2.35. The maximum atomic E-state index is 11.1. The van der Waals surface area contributed by atoms with Crippen molar-refractivity contribution in [1.82, 2.24) is 25.1 Å². The Hall–Kier alpha value is -2.45. The standard InChI is InChI=1S/C15H23N7O2/c1-9(2)11-16-13(21(3)4)18-14(17-11)22-7-5-10(6-8-22)12-19-20-15(23)24-12/h9-10H,5-8H2,1-4H3,(H,20,23). The molecule has 1 fully saturated rings. The minimum Gasteiger partial charge on any atom is -0.392 e. The van der Waals surface area contributed by atoms with Gasteiger partial charge in [-0.05, 0) is 12.8 Å². The molecule has 1 saturated heterocycles. The summed E-state index contributed by atoms with van der Waals surface area (Å²) in [6.07, 6.45) is 1.68. The summed E-state index contributed by atoms with van der Waals surface area (Å²) < 4.78 is 5.08. The van der Waals surface area contributed by atoms with Gasteiger partial charge in [-0.3, -0.25) is 0 Å². The van der Waals surface area contributed by atoms with Crippen LogP contribution in [0.5, 0.6) is 0 Å². The van der Waals surface area contributed by atoms with Crippen LogP contribution in [-0.4, -0.2) is 52.3 Å². The number of aromatic amines is 1. The van der Waals surface area contributed by atoms with Crippen molar-refractivity contribution in [3.63, 3.8) is 0 Å². The van der Waals surface area contributed by atoms with Gasteiger partial charge in [-0.1, -0.05) is 13.8 Å². The van der Waals surface area contributed by atoms with Gasteiger partial charge in [-0.15, -0.1) is 5.10 Å². The van der Waals surface area contributed by atoms with E-state index in [-0.39, 0.29) is 11.8 Å². The van der Waals surface area contributed by atoms with Crippen molar-refractivity contribution in [3.8, 4) is 0 Å². The van der Waals surface area contributed by atoms with Crippen LogP contribution >= 0.6 is 0 Å². The second-order valence-electron chi connectivity index (χ2n) is 6.56. The highest BCUT2D eigenvalue weighted by atomic mass is 16.4. The second kappa shape index (κ2) is 6.58. The van der Waals surface area contributed by atoms with Crippen molar-refractivity contribution in [2.24, 2.45) is 0 Å². The molecular formula is C15H23N7O2. The zero-order chi connectivity index (χ0) is 17.3. The molecule has 0 saturated carbocycles. The SMILES string of the molecule is CC(C)c1nc(N(C)C)nc(N2CCC(c3n[nH]c(=O)o3)CC2)n1. The predicted octanol–water partition coefficient (Wildman–Crippen LogP) is 1.12. The first-order chi connectivity index (χ1) is 11.4. The van der Waals surface area contributed by atoms with E-state index in [1.807, 2.05) is 19.0 Å². The van der Waals surface area contributed by atoms with Gasteiger partial charge in [0.1, 0.15) is 5.82 Å². The summed E-state index contributed by atoms with van der Waals surface area (Å²) in [5, 5.41) is 6.27. The van der Waals surface area contributed by atoms with Gasteiger partial charge in [-0.25, -0.2) is 9.89 Å². The topological polar surface area (TPSA) is 104 Å². The lowest BCUT2D eigenvalue weighted by Gasteiger charge is -2.31. The quantitative estimate of drug-likeness (QED) is 0.887. The molecule has 9 nitrogen and oxygen atoms in total. The molecule has 3 rings (SSSR count). The van der Waals surface area contributed by atoms with Crippen LogP contribution in [0.25, 0.3) is 0 Å². The fourth-order valence-corrected chi connectivity index (χ4v) is 2.71. The van der Waals surface area contributed by atoms with Crippen LogP contribution < -0.4 is 15.6 Å². The molecule has 1 aliphatic heterocycles. The number of aromatic nitrogens is 5. The summed E-state index contributed by atoms with van der Waals surface area (Å²) in [7, 11) is 3.85. The van der Waals surface area contributed by atoms with Crippen molar-refractivity contribution in [2.75, 3.05) is 37.0 Å². The highest BCUT2D eigenvalue weighted by Gasteiger charge is 2.26. The number of anilines is 2. The van der Waals surface area contributed by atoms with Crippen LogP contribution in [0, 0.1) is 0 Å². The van der Waals surface area contributed by atoms with Crippen LogP contribution in [0.1, 0.15) is 50.2 Å². The van der Waals surface area contributed by atoms with Crippen molar-refractivity contribution in [1.29, 1.82) is 0 Å². The average Bonchev–Trinajstić information content (AvgIpc) is 3.01. The van der Waals surface area contributed by atoms with E-state index in [0.717, 1.165) is 31.8 Å². The molecule has 1 N–H and O–H groups in total. The van der Waals surface area contributed by atoms with Gasteiger partial charge >= 0.3 is 5.76 Å². The number of H-pyrrole nitrogens is 1. The Morgan fingerprint density at radius 3 is 2.46 bits per heavy atom. The predicted molar refractivity (Wildman–Crippen MR) is 89.6 cm³/mol. The minimum absolute atomic E-state index is 0.153. The van der Waals surface area contributed by atoms with Crippen LogP contribution in [-0.2, 0) is 0 Å². The molecule has 130 valence electrons. The first kappa shape index (κ1) is 16.4. The van der Waals surface area contributed by atoms with Gasteiger partial charge in [0.15, 0.2) is 0 Å². The fraction of sp³-hybridized carbons (Fsp3) is 0.667. The molecule has 9 heteroatoms. The summed E-state index contributed by atoms with van der Waals surface area (Å²) >= 11 is 0. The van der Waals surface area contributed by atoms with Gasteiger partial charge in [0, 0.05) is 39.0 Å². The third-order valence-corrected chi connectivity index (χ3v) is 4.13. The average molecular weight is 333 g/mol. The molecule has 0 amide bonds. The molecule has 2 aromatic rings. The van der Waals surface area contributed by atoms with Gasteiger partial charge in [0.05, 0.1) is 0 Å². The number of hydrogen-bond donors (Lipinski definition) is 1. The number of hydrogen-bond acceptors (Lipinski definition) is 8. The first-order valence-electron chi connectivity index (χ1n) is 8.17.